The number of nitrogens with one attached hydrogen (secondary N) is 1. The van der Waals surface area contributed by atoms with Crippen molar-refractivity contribution in [2.24, 2.45) is 0 Å². The first-order valence-corrected chi connectivity index (χ1v) is 7.50. The summed E-state index contributed by atoms with van der Waals surface area (Å²) < 4.78 is 5.37. The number of amides is 2. The number of thioether (sulfide) groups is 1. The molecule has 1 aliphatic rings. The van der Waals surface area contributed by atoms with Gasteiger partial charge in [-0.15, -0.1) is 0 Å². The van der Waals surface area contributed by atoms with E-state index >= 15 is 0 Å². The minimum atomic E-state index is -0.632. The van der Waals surface area contributed by atoms with E-state index < -0.39 is 16.4 Å². The lowest BCUT2D eigenvalue weighted by Crippen LogP contribution is -2.27. The van der Waals surface area contributed by atoms with E-state index in [1.807, 2.05) is 0 Å². The molecule has 1 unspecified atom stereocenters. The van der Waals surface area contributed by atoms with Crippen LogP contribution in [0.2, 0.25) is 10.0 Å². The Hall–Kier alpha value is -1.50. The molecule has 0 saturated carbocycles. The van der Waals surface area contributed by atoms with Crippen LogP contribution in [0.25, 0.3) is 11.0 Å². The fraction of sp³-hybridized carbons (Fsp3) is 0.154. The second kappa shape index (κ2) is 5.36. The van der Waals surface area contributed by atoms with E-state index in [-0.39, 0.29) is 27.8 Å². The van der Waals surface area contributed by atoms with E-state index in [9.17, 15) is 14.4 Å². The first-order valence-electron chi connectivity index (χ1n) is 5.86. The van der Waals surface area contributed by atoms with Gasteiger partial charge in [0.1, 0.15) is 0 Å². The van der Waals surface area contributed by atoms with Gasteiger partial charge in [-0.3, -0.25) is 19.7 Å². The zero-order valence-electron chi connectivity index (χ0n) is 10.3. The molecule has 0 spiro atoms. The van der Waals surface area contributed by atoms with Gasteiger partial charge in [0, 0.05) is 17.0 Å². The summed E-state index contributed by atoms with van der Waals surface area (Å²) >= 11 is 12.7. The number of benzene rings is 1. The van der Waals surface area contributed by atoms with E-state index in [1.54, 1.807) is 0 Å². The normalized spacial score (nSPS) is 18.3. The van der Waals surface area contributed by atoms with Crippen LogP contribution in [0.3, 0.4) is 0 Å². The third-order valence-electron chi connectivity index (χ3n) is 3.04. The highest BCUT2D eigenvalue weighted by molar-refractivity contribution is 8.15. The molecule has 1 N–H and O–H groups in total. The Kier molecular flexibility index (Phi) is 3.69. The minimum absolute atomic E-state index is 0.102. The Morgan fingerprint density at radius 1 is 1.24 bits per heavy atom. The molecule has 2 heterocycles. The van der Waals surface area contributed by atoms with E-state index in [0.29, 0.717) is 10.6 Å². The molecule has 1 atom stereocenters. The van der Waals surface area contributed by atoms with Crippen molar-refractivity contribution in [3.63, 3.8) is 0 Å². The van der Waals surface area contributed by atoms with Crippen molar-refractivity contribution in [3.05, 3.63) is 44.2 Å². The minimum Gasteiger partial charge on any atom is -0.462 e. The Labute approximate surface area is 132 Å². The van der Waals surface area contributed by atoms with Crippen LogP contribution < -0.4 is 10.7 Å². The first kappa shape index (κ1) is 14.4. The number of halogens is 2. The van der Waals surface area contributed by atoms with Crippen LogP contribution in [0, 0.1) is 0 Å². The molecule has 0 radical (unpaired) electrons. The van der Waals surface area contributed by atoms with Crippen molar-refractivity contribution >= 4 is 57.1 Å². The second-order valence-corrected chi connectivity index (χ2v) is 6.46. The molecule has 0 aliphatic carbocycles. The molecule has 0 bridgehead atoms. The lowest BCUT2D eigenvalue weighted by atomic mass is 10.1. The van der Waals surface area contributed by atoms with Crippen molar-refractivity contribution in [2.45, 2.75) is 11.7 Å². The van der Waals surface area contributed by atoms with Crippen LogP contribution in [0.5, 0.6) is 0 Å². The first-order chi connectivity index (χ1) is 9.95. The van der Waals surface area contributed by atoms with Gasteiger partial charge in [-0.2, -0.15) is 0 Å². The summed E-state index contributed by atoms with van der Waals surface area (Å²) in [4.78, 5) is 35.1. The zero-order valence-corrected chi connectivity index (χ0v) is 12.6. The quantitative estimate of drug-likeness (QED) is 0.906. The van der Waals surface area contributed by atoms with E-state index in [0.717, 1.165) is 11.8 Å². The molecular formula is C13H7Cl2NO4S. The van der Waals surface area contributed by atoms with E-state index in [4.69, 9.17) is 27.6 Å². The second-order valence-electron chi connectivity index (χ2n) is 4.44. The smallest absolute Gasteiger partial charge is 0.286 e. The summed E-state index contributed by atoms with van der Waals surface area (Å²) in [5, 5.41) is 1.93. The largest absolute Gasteiger partial charge is 0.462 e. The van der Waals surface area contributed by atoms with Gasteiger partial charge >= 0.3 is 0 Å². The van der Waals surface area contributed by atoms with Crippen molar-refractivity contribution < 1.29 is 14.0 Å². The summed E-state index contributed by atoms with van der Waals surface area (Å²) in [5.41, 5.74) is 0.228. The average molecular weight is 344 g/mol. The molecule has 1 aromatic heterocycles. The van der Waals surface area contributed by atoms with Gasteiger partial charge in [0.15, 0.2) is 11.0 Å². The summed E-state index contributed by atoms with van der Waals surface area (Å²) in [7, 11) is 0. The van der Waals surface area contributed by atoms with Crippen molar-refractivity contribution in [1.82, 2.24) is 5.32 Å². The van der Waals surface area contributed by atoms with Crippen LogP contribution >= 0.6 is 35.0 Å². The Balaban J connectivity index is 2.05. The number of rotatable bonds is 2. The fourth-order valence-electron chi connectivity index (χ4n) is 2.07. The molecule has 3 rings (SSSR count). The maximum atomic E-state index is 12.4. The molecular weight excluding hydrogens is 337 g/mol. The molecule has 108 valence electrons. The van der Waals surface area contributed by atoms with Gasteiger partial charge in [-0.1, -0.05) is 35.0 Å². The number of fused-ring (bicyclic) bond motifs is 1. The predicted molar refractivity (Wildman–Crippen MR) is 81.1 cm³/mol. The molecule has 1 saturated heterocycles. The third kappa shape index (κ3) is 2.66. The van der Waals surface area contributed by atoms with Crippen molar-refractivity contribution in [1.29, 1.82) is 0 Å². The molecule has 1 aromatic carbocycles. The summed E-state index contributed by atoms with van der Waals surface area (Å²) in [6.07, 6.45) is 1.37. The topological polar surface area (TPSA) is 76.4 Å². The van der Waals surface area contributed by atoms with Crippen LogP contribution in [0.15, 0.2) is 27.6 Å². The van der Waals surface area contributed by atoms with Crippen molar-refractivity contribution in [2.75, 3.05) is 0 Å². The van der Waals surface area contributed by atoms with E-state index in [1.165, 1.54) is 18.4 Å². The highest BCUT2D eigenvalue weighted by Gasteiger charge is 2.32. The monoisotopic (exact) mass is 343 g/mol. The molecule has 2 aromatic rings. The number of hydrogen-bond donors (Lipinski definition) is 1. The van der Waals surface area contributed by atoms with Gasteiger partial charge in [-0.25, -0.2) is 0 Å². The Morgan fingerprint density at radius 3 is 2.67 bits per heavy atom. The standard InChI is InChI=1S/C13H7Cl2NO4S/c14-6-2-7-10(17)5(4-20-11(7)8(15)3-6)1-9-12(18)16-13(19)21-9/h2-4,9H,1H2,(H,16,18,19). The predicted octanol–water partition coefficient (Wildman–Crippen LogP) is 2.99. The number of hydrogen-bond acceptors (Lipinski definition) is 5. The lowest BCUT2D eigenvalue weighted by Gasteiger charge is -2.06. The molecule has 8 heteroatoms. The number of carbonyl (C=O) groups is 2. The zero-order chi connectivity index (χ0) is 15.1. The molecule has 2 amide bonds. The summed E-state index contributed by atoms with van der Waals surface area (Å²) in [6.45, 7) is 0. The van der Waals surface area contributed by atoms with Crippen LogP contribution in [-0.4, -0.2) is 16.4 Å². The highest BCUT2D eigenvalue weighted by Crippen LogP contribution is 2.27. The van der Waals surface area contributed by atoms with Crippen LogP contribution in [0.4, 0.5) is 4.79 Å². The van der Waals surface area contributed by atoms with Crippen molar-refractivity contribution in [3.8, 4) is 0 Å². The van der Waals surface area contributed by atoms with Gasteiger partial charge in [0.05, 0.1) is 21.9 Å². The Morgan fingerprint density at radius 2 is 2.00 bits per heavy atom. The molecule has 5 nitrogen and oxygen atoms in total. The highest BCUT2D eigenvalue weighted by atomic mass is 35.5. The Bertz CT molecular complexity index is 833. The summed E-state index contributed by atoms with van der Waals surface area (Å²) in [6, 6.07) is 2.94. The number of carbonyl (C=O) groups excluding carboxylic acids is 2. The maximum absolute atomic E-state index is 12.4. The van der Waals surface area contributed by atoms with E-state index in [2.05, 4.69) is 5.32 Å². The molecule has 1 aliphatic heterocycles. The number of imide groups is 1. The fourth-order valence-corrected chi connectivity index (χ4v) is 3.46. The van der Waals surface area contributed by atoms with Crippen LogP contribution in [-0.2, 0) is 11.2 Å². The van der Waals surface area contributed by atoms with Gasteiger partial charge in [-0.05, 0) is 12.1 Å². The summed E-state index contributed by atoms with van der Waals surface area (Å²) in [5.74, 6) is -0.409. The third-order valence-corrected chi connectivity index (χ3v) is 4.52. The van der Waals surface area contributed by atoms with Gasteiger partial charge in [0.2, 0.25) is 5.91 Å². The molecule has 1 fully saturated rings. The van der Waals surface area contributed by atoms with Crippen LogP contribution in [0.1, 0.15) is 5.56 Å². The van der Waals surface area contributed by atoms with Gasteiger partial charge in [0.25, 0.3) is 5.24 Å². The van der Waals surface area contributed by atoms with Gasteiger partial charge < -0.3 is 4.42 Å². The SMILES string of the molecule is O=C1NC(=O)C(Cc2coc3c(Cl)cc(Cl)cc3c2=O)S1. The molecule has 21 heavy (non-hydrogen) atoms. The lowest BCUT2D eigenvalue weighted by molar-refractivity contribution is -0.118. The average Bonchev–Trinajstić information content (AvgIpc) is 2.72. The maximum Gasteiger partial charge on any atom is 0.286 e.